The van der Waals surface area contributed by atoms with Crippen LogP contribution in [0.4, 0.5) is 11.4 Å². The molecule has 0 saturated carbocycles. The van der Waals surface area contributed by atoms with Crippen molar-refractivity contribution in [3.63, 3.8) is 0 Å². The Morgan fingerprint density at radius 1 is 0.944 bits per heavy atom. The summed E-state index contributed by atoms with van der Waals surface area (Å²) in [6.07, 6.45) is 5.98. The number of benzene rings is 2. The van der Waals surface area contributed by atoms with Gasteiger partial charge in [0, 0.05) is 31.7 Å². The summed E-state index contributed by atoms with van der Waals surface area (Å²) < 4.78 is 5.19. The molecule has 0 spiro atoms. The molecule has 3 aliphatic heterocycles. The van der Waals surface area contributed by atoms with Crippen molar-refractivity contribution in [1.29, 1.82) is 0 Å². The maximum atomic E-state index is 13.6. The number of likely N-dealkylation sites (tertiary alicyclic amines) is 1. The van der Waals surface area contributed by atoms with Gasteiger partial charge in [0.2, 0.25) is 11.8 Å². The minimum atomic E-state index is -0.260. The highest BCUT2D eigenvalue weighted by Crippen LogP contribution is 2.40. The van der Waals surface area contributed by atoms with Crippen LogP contribution in [0, 0.1) is 0 Å². The highest BCUT2D eigenvalue weighted by Gasteiger charge is 2.40. The van der Waals surface area contributed by atoms with E-state index in [-0.39, 0.29) is 30.3 Å². The molecule has 0 bridgehead atoms. The van der Waals surface area contributed by atoms with Crippen LogP contribution < -0.4 is 19.9 Å². The smallest absolute Gasteiger partial charge is 0.253 e. The zero-order chi connectivity index (χ0) is 25.1. The number of amides is 3. The topological polar surface area (TPSA) is 82.2 Å². The Labute approximate surface area is 212 Å². The van der Waals surface area contributed by atoms with E-state index < -0.39 is 0 Å². The SMILES string of the molecule is COc1ccc(CNC(=O)CN2C(=O)C3CCCCN3c3ccc(C(=O)N4CCCCC4)cc32)cc1. The molecule has 8 nitrogen and oxygen atoms in total. The fraction of sp³-hybridized carbons (Fsp3) is 0.464. The van der Waals surface area contributed by atoms with Gasteiger partial charge >= 0.3 is 0 Å². The number of hydrogen-bond acceptors (Lipinski definition) is 5. The quantitative estimate of drug-likeness (QED) is 0.672. The van der Waals surface area contributed by atoms with Crippen LogP contribution in [-0.4, -0.2) is 62.0 Å². The number of nitrogens with one attached hydrogen (secondary N) is 1. The van der Waals surface area contributed by atoms with Gasteiger partial charge in [-0.15, -0.1) is 0 Å². The maximum absolute atomic E-state index is 13.6. The minimum Gasteiger partial charge on any atom is -0.497 e. The molecular formula is C28H34N4O4. The fourth-order valence-electron chi connectivity index (χ4n) is 5.48. The average Bonchev–Trinajstić information content (AvgIpc) is 2.94. The molecule has 2 saturated heterocycles. The van der Waals surface area contributed by atoms with Crippen molar-refractivity contribution >= 4 is 29.1 Å². The van der Waals surface area contributed by atoms with Gasteiger partial charge in [-0.1, -0.05) is 12.1 Å². The van der Waals surface area contributed by atoms with E-state index in [2.05, 4.69) is 10.2 Å². The van der Waals surface area contributed by atoms with Crippen LogP contribution in [0.2, 0.25) is 0 Å². The molecule has 2 fully saturated rings. The van der Waals surface area contributed by atoms with Crippen molar-refractivity contribution in [2.45, 2.75) is 51.1 Å². The van der Waals surface area contributed by atoms with Crippen LogP contribution in [0.5, 0.6) is 5.75 Å². The molecule has 2 aromatic carbocycles. The zero-order valence-corrected chi connectivity index (χ0v) is 20.9. The molecule has 190 valence electrons. The van der Waals surface area contributed by atoms with Crippen molar-refractivity contribution < 1.29 is 19.1 Å². The molecule has 8 heteroatoms. The van der Waals surface area contributed by atoms with Gasteiger partial charge in [-0.05, 0) is 74.4 Å². The van der Waals surface area contributed by atoms with E-state index in [4.69, 9.17) is 4.74 Å². The summed E-state index contributed by atoms with van der Waals surface area (Å²) in [5.41, 5.74) is 3.10. The largest absolute Gasteiger partial charge is 0.497 e. The van der Waals surface area contributed by atoms with Gasteiger partial charge in [0.15, 0.2) is 0 Å². The number of methoxy groups -OCH3 is 1. The number of fused-ring (bicyclic) bond motifs is 3. The first-order valence-electron chi connectivity index (χ1n) is 13.0. The van der Waals surface area contributed by atoms with Gasteiger partial charge < -0.3 is 19.9 Å². The van der Waals surface area contributed by atoms with E-state index in [0.29, 0.717) is 17.8 Å². The van der Waals surface area contributed by atoms with Gasteiger partial charge in [-0.3, -0.25) is 19.3 Å². The van der Waals surface area contributed by atoms with Crippen molar-refractivity contribution in [3.8, 4) is 5.75 Å². The molecular weight excluding hydrogens is 456 g/mol. The Kier molecular flexibility index (Phi) is 7.11. The van der Waals surface area contributed by atoms with Gasteiger partial charge in [0.05, 0.1) is 18.5 Å². The van der Waals surface area contributed by atoms with Crippen LogP contribution in [0.3, 0.4) is 0 Å². The number of rotatable bonds is 6. The second-order valence-corrected chi connectivity index (χ2v) is 9.81. The van der Waals surface area contributed by atoms with Crippen molar-refractivity contribution in [2.75, 3.05) is 43.1 Å². The van der Waals surface area contributed by atoms with Gasteiger partial charge in [-0.25, -0.2) is 0 Å². The molecule has 0 aromatic heterocycles. The first kappa shape index (κ1) is 24.2. The number of piperidine rings is 2. The zero-order valence-electron chi connectivity index (χ0n) is 20.9. The normalized spacial score (nSPS) is 19.4. The second kappa shape index (κ2) is 10.6. The fourth-order valence-corrected chi connectivity index (χ4v) is 5.48. The van der Waals surface area contributed by atoms with Gasteiger partial charge in [0.1, 0.15) is 18.3 Å². The summed E-state index contributed by atoms with van der Waals surface area (Å²) in [6, 6.07) is 12.9. The van der Waals surface area contributed by atoms with E-state index in [1.54, 1.807) is 12.0 Å². The molecule has 1 N–H and O–H groups in total. The highest BCUT2D eigenvalue weighted by molar-refractivity contribution is 6.09. The lowest BCUT2D eigenvalue weighted by molar-refractivity contribution is -0.125. The number of carbonyl (C=O) groups excluding carboxylic acids is 3. The van der Waals surface area contributed by atoms with Crippen LogP contribution in [-0.2, 0) is 16.1 Å². The maximum Gasteiger partial charge on any atom is 0.253 e. The lowest BCUT2D eigenvalue weighted by Gasteiger charge is -2.45. The molecule has 36 heavy (non-hydrogen) atoms. The lowest BCUT2D eigenvalue weighted by atomic mass is 9.95. The van der Waals surface area contributed by atoms with E-state index in [0.717, 1.165) is 75.2 Å². The summed E-state index contributed by atoms with van der Waals surface area (Å²) in [5.74, 6) is 0.452. The van der Waals surface area contributed by atoms with Crippen LogP contribution >= 0.6 is 0 Å². The summed E-state index contributed by atoms with van der Waals surface area (Å²) in [6.45, 7) is 2.62. The first-order valence-corrected chi connectivity index (χ1v) is 13.0. The molecule has 3 amide bonds. The van der Waals surface area contributed by atoms with Crippen molar-refractivity contribution in [1.82, 2.24) is 10.2 Å². The van der Waals surface area contributed by atoms with E-state index in [1.165, 1.54) is 0 Å². The van der Waals surface area contributed by atoms with Crippen LogP contribution in [0.15, 0.2) is 42.5 Å². The lowest BCUT2D eigenvalue weighted by Crippen LogP contribution is -2.57. The Morgan fingerprint density at radius 3 is 2.44 bits per heavy atom. The van der Waals surface area contributed by atoms with Gasteiger partial charge in [0.25, 0.3) is 5.91 Å². The summed E-state index contributed by atoms with van der Waals surface area (Å²) >= 11 is 0. The molecule has 3 heterocycles. The highest BCUT2D eigenvalue weighted by atomic mass is 16.5. The number of carbonyl (C=O) groups is 3. The predicted octanol–water partition coefficient (Wildman–Crippen LogP) is 3.34. The third-order valence-electron chi connectivity index (χ3n) is 7.47. The molecule has 1 atom stereocenters. The number of nitrogens with zero attached hydrogens (tertiary/aromatic N) is 3. The summed E-state index contributed by atoms with van der Waals surface area (Å²) in [5, 5.41) is 2.93. The second-order valence-electron chi connectivity index (χ2n) is 9.81. The molecule has 0 radical (unpaired) electrons. The van der Waals surface area contributed by atoms with E-state index >= 15 is 0 Å². The van der Waals surface area contributed by atoms with E-state index in [1.807, 2.05) is 47.4 Å². The Hall–Kier alpha value is -3.55. The van der Waals surface area contributed by atoms with Crippen molar-refractivity contribution in [2.24, 2.45) is 0 Å². The Morgan fingerprint density at radius 2 is 1.69 bits per heavy atom. The molecule has 5 rings (SSSR count). The van der Waals surface area contributed by atoms with Crippen molar-refractivity contribution in [3.05, 3.63) is 53.6 Å². The summed E-state index contributed by atoms with van der Waals surface area (Å²) in [4.78, 5) is 45.4. The number of anilines is 2. The Bertz CT molecular complexity index is 1130. The first-order chi connectivity index (χ1) is 17.5. The monoisotopic (exact) mass is 490 g/mol. The molecule has 3 aliphatic rings. The minimum absolute atomic E-state index is 0.00498. The van der Waals surface area contributed by atoms with Gasteiger partial charge in [-0.2, -0.15) is 0 Å². The number of ether oxygens (including phenoxy) is 1. The standard InChI is InChI=1S/C28H34N4O4/c1-36-22-11-8-20(9-12-22)18-29-26(33)19-32-25-17-21(27(34)30-14-4-2-5-15-30)10-13-23(25)31-16-6-3-7-24(31)28(32)35/h8-13,17,24H,2-7,14-16,18-19H2,1H3,(H,29,33). The molecule has 1 unspecified atom stereocenters. The third kappa shape index (κ3) is 4.90. The Balaban J connectivity index is 1.37. The van der Waals surface area contributed by atoms with Crippen LogP contribution in [0.1, 0.15) is 54.4 Å². The third-order valence-corrected chi connectivity index (χ3v) is 7.47. The molecule has 0 aliphatic carbocycles. The summed E-state index contributed by atoms with van der Waals surface area (Å²) in [7, 11) is 1.61. The van der Waals surface area contributed by atoms with E-state index in [9.17, 15) is 14.4 Å². The van der Waals surface area contributed by atoms with Crippen LogP contribution in [0.25, 0.3) is 0 Å². The predicted molar refractivity (Wildman–Crippen MR) is 138 cm³/mol. The number of hydrogen-bond donors (Lipinski definition) is 1. The molecule has 2 aromatic rings. The average molecular weight is 491 g/mol.